The summed E-state index contributed by atoms with van der Waals surface area (Å²) in [7, 11) is 0. The monoisotopic (exact) mass is 1070 g/mol. The third kappa shape index (κ3) is 13.8. The topological polar surface area (TPSA) is 238 Å². The van der Waals surface area contributed by atoms with E-state index < -0.39 is 116 Å². The molecule has 7 aromatic rings. The second-order valence-electron chi connectivity index (χ2n) is 17.9. The van der Waals surface area contributed by atoms with Gasteiger partial charge < -0.3 is 53.1 Å². The summed E-state index contributed by atoms with van der Waals surface area (Å²) in [6.07, 6.45) is -17.9. The SMILES string of the molecule is N[C@@H]1O[C@H](COC(=O)c2ccccc2)[C@@H](OC(=O)c2ccccc2)[C@H](O[C@@H]2O[C@H](COC(=O)c3ccccc3)[C@@H](OC(=O)c3ccccc3)[C@H](OC(=O)c3ccccc3)[C@@H]2OC(=O)c2ccccc2)[C@@H]1OC(=O)c1ccccc1. The van der Waals surface area contributed by atoms with Crippen LogP contribution in [0.3, 0.4) is 0 Å². The average Bonchev–Trinajstić information content (AvgIpc) is 3.61. The van der Waals surface area contributed by atoms with Crippen molar-refractivity contribution in [1.82, 2.24) is 0 Å². The number of hydrogen-bond donors (Lipinski definition) is 1. The Hall–Kier alpha value is -9.33. The van der Waals surface area contributed by atoms with Crippen LogP contribution in [0, 0.1) is 0 Å². The van der Waals surface area contributed by atoms with Gasteiger partial charge in [-0.2, -0.15) is 0 Å². The van der Waals surface area contributed by atoms with Gasteiger partial charge in [-0.25, -0.2) is 33.6 Å². The second-order valence-corrected chi connectivity index (χ2v) is 17.9. The van der Waals surface area contributed by atoms with Gasteiger partial charge in [-0.05, 0) is 84.9 Å². The van der Waals surface area contributed by atoms with Crippen molar-refractivity contribution in [1.29, 1.82) is 0 Å². The van der Waals surface area contributed by atoms with E-state index in [2.05, 4.69) is 0 Å². The zero-order valence-electron chi connectivity index (χ0n) is 41.9. The van der Waals surface area contributed by atoms with Crippen molar-refractivity contribution in [3.63, 3.8) is 0 Å². The molecule has 10 atom stereocenters. The van der Waals surface area contributed by atoms with Crippen molar-refractivity contribution in [3.8, 4) is 0 Å². The first-order valence-electron chi connectivity index (χ1n) is 25.0. The number of carbonyl (C=O) groups is 7. The van der Waals surface area contributed by atoms with Gasteiger partial charge in [0.25, 0.3) is 0 Å². The lowest BCUT2D eigenvalue weighted by Gasteiger charge is -2.48. The molecule has 0 radical (unpaired) electrons. The lowest BCUT2D eigenvalue weighted by Crippen LogP contribution is -2.68. The van der Waals surface area contributed by atoms with Crippen LogP contribution in [0.1, 0.15) is 72.5 Å². The molecule has 2 fully saturated rings. The van der Waals surface area contributed by atoms with Crippen molar-refractivity contribution in [2.45, 2.75) is 61.3 Å². The van der Waals surface area contributed by atoms with Gasteiger partial charge in [0.2, 0.25) is 0 Å². The molecule has 2 aliphatic rings. The number of nitrogens with two attached hydrogens (primary N) is 1. The summed E-state index contributed by atoms with van der Waals surface area (Å²) in [6, 6.07) is 54.7. The molecule has 2 saturated heterocycles. The third-order valence-corrected chi connectivity index (χ3v) is 12.6. The number of esters is 7. The molecular weight excluding hydrogens is 1020 g/mol. The largest absolute Gasteiger partial charge is 0.459 e. The van der Waals surface area contributed by atoms with E-state index in [1.54, 1.807) is 127 Å². The van der Waals surface area contributed by atoms with E-state index in [4.69, 9.17) is 53.1 Å². The number of ether oxygens (including phenoxy) is 10. The number of carbonyl (C=O) groups excluding carboxylic acids is 7. The van der Waals surface area contributed by atoms with Gasteiger partial charge in [-0.3, -0.25) is 0 Å². The summed E-state index contributed by atoms with van der Waals surface area (Å²) in [4.78, 5) is 98.8. The van der Waals surface area contributed by atoms with Crippen LogP contribution in [-0.4, -0.2) is 116 Å². The Bertz CT molecular complexity index is 3170. The predicted molar refractivity (Wildman–Crippen MR) is 278 cm³/mol. The molecule has 0 spiro atoms. The lowest BCUT2D eigenvalue weighted by molar-refractivity contribution is -0.338. The molecule has 9 rings (SSSR count). The summed E-state index contributed by atoms with van der Waals surface area (Å²) in [5, 5.41) is 0. The summed E-state index contributed by atoms with van der Waals surface area (Å²) >= 11 is 0. The molecule has 0 bridgehead atoms. The van der Waals surface area contributed by atoms with Gasteiger partial charge >= 0.3 is 41.8 Å². The maximum atomic E-state index is 14.5. The molecular formula is C61H51NO17. The highest BCUT2D eigenvalue weighted by molar-refractivity contribution is 5.93. The summed E-state index contributed by atoms with van der Waals surface area (Å²) < 4.78 is 62.6. The molecule has 402 valence electrons. The first-order valence-corrected chi connectivity index (χ1v) is 25.0. The van der Waals surface area contributed by atoms with Gasteiger partial charge in [0.1, 0.15) is 37.8 Å². The zero-order chi connectivity index (χ0) is 55.1. The summed E-state index contributed by atoms with van der Waals surface area (Å²) in [5.41, 5.74) is 7.26. The molecule has 0 amide bonds. The van der Waals surface area contributed by atoms with Gasteiger partial charge in [-0.15, -0.1) is 0 Å². The van der Waals surface area contributed by atoms with Gasteiger partial charge in [0.05, 0.1) is 38.9 Å². The minimum absolute atomic E-state index is 0.00357. The van der Waals surface area contributed by atoms with Crippen LogP contribution in [0.25, 0.3) is 0 Å². The van der Waals surface area contributed by atoms with Gasteiger partial charge in [0, 0.05) is 0 Å². The molecule has 2 N–H and O–H groups in total. The van der Waals surface area contributed by atoms with Crippen LogP contribution in [0.4, 0.5) is 0 Å². The highest BCUT2D eigenvalue weighted by atomic mass is 16.8. The molecule has 79 heavy (non-hydrogen) atoms. The standard InChI is InChI=1S/C61H51NO17/c62-53-51(77-59(68)43-32-18-6-19-33-43)49(47(74-56(65)40-26-12-3-13-27-40)45(72-53)36-70-54(63)38-22-8-1-9-23-38)79-61-52(78-60(69)44-34-20-7-21-35-44)50(76-58(67)42-30-16-5-17-31-42)48(75-57(66)41-28-14-4-15-29-41)46(73-61)37-71-55(64)39-24-10-2-11-25-39/h1-35,45-53,61H,36-37,62H2/t45-,46-,47-,48-,49+,50+,51+,52+,53-,61+/m1/s1. The molecule has 18 nitrogen and oxygen atoms in total. The van der Waals surface area contributed by atoms with E-state index in [0.29, 0.717) is 0 Å². The number of rotatable bonds is 18. The van der Waals surface area contributed by atoms with E-state index in [0.717, 1.165) is 0 Å². The fourth-order valence-corrected chi connectivity index (χ4v) is 8.65. The minimum Gasteiger partial charge on any atom is -0.459 e. The summed E-state index contributed by atoms with van der Waals surface area (Å²) in [5.74, 6) is -6.48. The quantitative estimate of drug-likeness (QED) is 0.0642. The van der Waals surface area contributed by atoms with Crippen LogP contribution in [0.5, 0.6) is 0 Å². The maximum absolute atomic E-state index is 14.5. The lowest BCUT2D eigenvalue weighted by atomic mass is 9.95. The van der Waals surface area contributed by atoms with Crippen LogP contribution in [-0.2, 0) is 47.4 Å². The highest BCUT2D eigenvalue weighted by Crippen LogP contribution is 2.36. The fraction of sp³-hybridized carbons (Fsp3) is 0.197. The fourth-order valence-electron chi connectivity index (χ4n) is 8.65. The van der Waals surface area contributed by atoms with Crippen LogP contribution in [0.15, 0.2) is 212 Å². The Morgan fingerprint density at radius 1 is 0.304 bits per heavy atom. The molecule has 0 unspecified atom stereocenters. The van der Waals surface area contributed by atoms with Crippen LogP contribution < -0.4 is 5.73 Å². The van der Waals surface area contributed by atoms with E-state index in [-0.39, 0.29) is 38.9 Å². The molecule has 0 aliphatic carbocycles. The molecule has 2 aliphatic heterocycles. The van der Waals surface area contributed by atoms with E-state index in [1.165, 1.54) is 84.9 Å². The zero-order valence-corrected chi connectivity index (χ0v) is 41.9. The van der Waals surface area contributed by atoms with Crippen LogP contribution in [0.2, 0.25) is 0 Å². The maximum Gasteiger partial charge on any atom is 0.338 e. The Morgan fingerprint density at radius 3 is 0.886 bits per heavy atom. The second kappa shape index (κ2) is 26.1. The smallest absolute Gasteiger partial charge is 0.338 e. The number of benzene rings is 7. The van der Waals surface area contributed by atoms with Crippen molar-refractivity contribution in [2.75, 3.05) is 13.2 Å². The Kier molecular flexibility index (Phi) is 18.0. The number of hydrogen-bond acceptors (Lipinski definition) is 18. The normalized spacial score (nSPS) is 22.4. The summed E-state index contributed by atoms with van der Waals surface area (Å²) in [6.45, 7) is -1.37. The van der Waals surface area contributed by atoms with E-state index in [9.17, 15) is 33.6 Å². The van der Waals surface area contributed by atoms with Gasteiger partial charge in [0.15, 0.2) is 36.8 Å². The molecule has 2 heterocycles. The van der Waals surface area contributed by atoms with Crippen molar-refractivity contribution in [3.05, 3.63) is 251 Å². The minimum atomic E-state index is -2.05. The Labute approximate surface area is 452 Å². The average molecular weight is 1070 g/mol. The highest BCUT2D eigenvalue weighted by Gasteiger charge is 2.58. The Morgan fingerprint density at radius 2 is 0.557 bits per heavy atom. The van der Waals surface area contributed by atoms with Gasteiger partial charge in [-0.1, -0.05) is 127 Å². The predicted octanol–water partition coefficient (Wildman–Crippen LogP) is 7.62. The van der Waals surface area contributed by atoms with Crippen LogP contribution >= 0.6 is 0 Å². The van der Waals surface area contributed by atoms with E-state index in [1.807, 2.05) is 0 Å². The first-order chi connectivity index (χ1) is 38.5. The third-order valence-electron chi connectivity index (χ3n) is 12.6. The molecule has 0 saturated carbocycles. The van der Waals surface area contributed by atoms with E-state index >= 15 is 0 Å². The van der Waals surface area contributed by atoms with Crippen molar-refractivity contribution < 1.29 is 80.9 Å². The molecule has 0 aromatic heterocycles. The Balaban J connectivity index is 1.18. The van der Waals surface area contributed by atoms with Crippen molar-refractivity contribution >= 4 is 41.8 Å². The van der Waals surface area contributed by atoms with Crippen molar-refractivity contribution in [2.24, 2.45) is 5.73 Å². The molecule has 18 heteroatoms. The first kappa shape index (κ1) is 54.5. The molecule has 7 aromatic carbocycles.